The highest BCUT2D eigenvalue weighted by Gasteiger charge is 2.04. The molecule has 0 aliphatic rings. The Morgan fingerprint density at radius 3 is 2.67 bits per heavy atom. The van der Waals surface area contributed by atoms with Crippen molar-refractivity contribution in [3.63, 3.8) is 0 Å². The van der Waals surface area contributed by atoms with E-state index < -0.39 is 0 Å². The van der Waals surface area contributed by atoms with Crippen LogP contribution in [0.3, 0.4) is 0 Å². The topological polar surface area (TPSA) is 35.2 Å². The molecule has 1 rings (SSSR count). The monoisotopic (exact) mass is 207 g/mol. The fourth-order valence-corrected chi connectivity index (χ4v) is 1.84. The Morgan fingerprint density at radius 1 is 1.20 bits per heavy atom. The number of nitrogens with two attached hydrogens (primary N) is 1. The molecule has 0 saturated carbocycles. The van der Waals surface area contributed by atoms with Gasteiger partial charge in [0.2, 0.25) is 0 Å². The lowest BCUT2D eigenvalue weighted by atomic mass is 10.0. The average Bonchev–Trinajstić information content (AvgIpc) is 2.24. The van der Waals surface area contributed by atoms with Crippen LogP contribution in [0.15, 0.2) is 18.2 Å². The van der Waals surface area contributed by atoms with Crippen molar-refractivity contribution in [1.82, 2.24) is 0 Å². The number of unbranched alkanes of at least 4 members (excludes halogenated alkanes) is 2. The summed E-state index contributed by atoms with van der Waals surface area (Å²) >= 11 is 0. The van der Waals surface area contributed by atoms with E-state index in [4.69, 9.17) is 10.5 Å². The van der Waals surface area contributed by atoms with Crippen molar-refractivity contribution in [2.45, 2.75) is 32.6 Å². The Kier molecular flexibility index (Phi) is 5.19. The van der Waals surface area contributed by atoms with Crippen molar-refractivity contribution in [3.8, 4) is 5.75 Å². The number of ether oxygens (including phenoxy) is 1. The zero-order valence-corrected chi connectivity index (χ0v) is 9.75. The Morgan fingerprint density at radius 2 is 2.00 bits per heavy atom. The zero-order valence-electron chi connectivity index (χ0n) is 9.75. The van der Waals surface area contributed by atoms with Gasteiger partial charge in [0.15, 0.2) is 0 Å². The predicted molar refractivity (Wildman–Crippen MR) is 64.3 cm³/mol. The molecule has 2 N–H and O–H groups in total. The standard InChI is InChI=1S/C13H21NO/c1-11-7-6-9-12(13(11)15-2)8-4-3-5-10-14/h6-7,9H,3-5,8,10,14H2,1-2H3. The first-order chi connectivity index (χ1) is 7.29. The normalized spacial score (nSPS) is 10.3. The zero-order chi connectivity index (χ0) is 11.1. The quantitative estimate of drug-likeness (QED) is 0.728. The van der Waals surface area contributed by atoms with Gasteiger partial charge in [-0.3, -0.25) is 0 Å². The first-order valence-electron chi connectivity index (χ1n) is 5.62. The van der Waals surface area contributed by atoms with Crippen molar-refractivity contribution >= 4 is 0 Å². The smallest absolute Gasteiger partial charge is 0.124 e. The first-order valence-corrected chi connectivity index (χ1v) is 5.62. The summed E-state index contributed by atoms with van der Waals surface area (Å²) in [5.41, 5.74) is 7.99. The molecule has 0 spiro atoms. The highest BCUT2D eigenvalue weighted by atomic mass is 16.5. The van der Waals surface area contributed by atoms with E-state index in [1.165, 1.54) is 24.0 Å². The average molecular weight is 207 g/mol. The number of hydrogen-bond acceptors (Lipinski definition) is 2. The highest BCUT2D eigenvalue weighted by molar-refractivity contribution is 5.40. The van der Waals surface area contributed by atoms with E-state index in [0.29, 0.717) is 0 Å². The summed E-state index contributed by atoms with van der Waals surface area (Å²) in [6.07, 6.45) is 4.60. The molecule has 0 saturated heterocycles. The second-order valence-corrected chi connectivity index (χ2v) is 3.87. The van der Waals surface area contributed by atoms with Crippen LogP contribution >= 0.6 is 0 Å². The van der Waals surface area contributed by atoms with E-state index in [-0.39, 0.29) is 0 Å². The molecule has 0 bridgehead atoms. The van der Waals surface area contributed by atoms with Gasteiger partial charge in [-0.25, -0.2) is 0 Å². The summed E-state index contributed by atoms with van der Waals surface area (Å²) in [6, 6.07) is 6.33. The van der Waals surface area contributed by atoms with Crippen molar-refractivity contribution in [1.29, 1.82) is 0 Å². The number of hydrogen-bond donors (Lipinski definition) is 1. The van der Waals surface area contributed by atoms with Crippen LogP contribution in [-0.2, 0) is 6.42 Å². The van der Waals surface area contributed by atoms with E-state index in [1.807, 2.05) is 0 Å². The summed E-state index contributed by atoms with van der Waals surface area (Å²) in [7, 11) is 1.74. The third-order valence-corrected chi connectivity index (χ3v) is 2.65. The summed E-state index contributed by atoms with van der Waals surface area (Å²) < 4.78 is 5.41. The molecule has 2 heteroatoms. The second-order valence-electron chi connectivity index (χ2n) is 3.87. The van der Waals surface area contributed by atoms with E-state index >= 15 is 0 Å². The number of aryl methyl sites for hydroxylation is 2. The molecule has 1 aromatic rings. The molecule has 0 heterocycles. The molecule has 15 heavy (non-hydrogen) atoms. The summed E-state index contributed by atoms with van der Waals surface area (Å²) in [6.45, 7) is 2.88. The van der Waals surface area contributed by atoms with E-state index in [9.17, 15) is 0 Å². The fraction of sp³-hybridized carbons (Fsp3) is 0.538. The van der Waals surface area contributed by atoms with E-state index in [0.717, 1.165) is 25.1 Å². The molecule has 0 amide bonds. The van der Waals surface area contributed by atoms with Crippen molar-refractivity contribution < 1.29 is 4.74 Å². The molecular formula is C13H21NO. The Labute approximate surface area is 92.4 Å². The lowest BCUT2D eigenvalue weighted by Gasteiger charge is -2.10. The molecule has 0 aliphatic carbocycles. The van der Waals surface area contributed by atoms with Gasteiger partial charge in [0.1, 0.15) is 5.75 Å². The van der Waals surface area contributed by atoms with Gasteiger partial charge in [0.25, 0.3) is 0 Å². The summed E-state index contributed by atoms with van der Waals surface area (Å²) in [4.78, 5) is 0. The van der Waals surface area contributed by atoms with Crippen LogP contribution in [0.5, 0.6) is 5.75 Å². The number of benzene rings is 1. The van der Waals surface area contributed by atoms with Gasteiger partial charge in [-0.15, -0.1) is 0 Å². The third kappa shape index (κ3) is 3.56. The molecule has 2 nitrogen and oxygen atoms in total. The highest BCUT2D eigenvalue weighted by Crippen LogP contribution is 2.24. The predicted octanol–water partition coefficient (Wildman–Crippen LogP) is 2.68. The largest absolute Gasteiger partial charge is 0.496 e. The number of methoxy groups -OCH3 is 1. The fourth-order valence-electron chi connectivity index (χ4n) is 1.84. The van der Waals surface area contributed by atoms with Gasteiger partial charge in [0.05, 0.1) is 7.11 Å². The van der Waals surface area contributed by atoms with Gasteiger partial charge in [-0.2, -0.15) is 0 Å². The Hall–Kier alpha value is -1.02. The molecule has 0 unspecified atom stereocenters. The maximum Gasteiger partial charge on any atom is 0.124 e. The van der Waals surface area contributed by atoms with Crippen LogP contribution in [0.1, 0.15) is 30.4 Å². The van der Waals surface area contributed by atoms with Crippen molar-refractivity contribution in [3.05, 3.63) is 29.3 Å². The first kappa shape index (κ1) is 12.1. The minimum atomic E-state index is 0.797. The lowest BCUT2D eigenvalue weighted by Crippen LogP contribution is -1.99. The van der Waals surface area contributed by atoms with Crippen LogP contribution in [0.4, 0.5) is 0 Å². The molecule has 0 aromatic heterocycles. The van der Waals surface area contributed by atoms with Gasteiger partial charge >= 0.3 is 0 Å². The van der Waals surface area contributed by atoms with Gasteiger partial charge in [-0.05, 0) is 43.9 Å². The number of rotatable bonds is 6. The SMILES string of the molecule is COc1c(C)cccc1CCCCCN. The minimum absolute atomic E-state index is 0.797. The van der Waals surface area contributed by atoms with Gasteiger partial charge in [0, 0.05) is 0 Å². The minimum Gasteiger partial charge on any atom is -0.496 e. The molecule has 0 radical (unpaired) electrons. The van der Waals surface area contributed by atoms with Crippen LogP contribution in [0, 0.1) is 6.92 Å². The van der Waals surface area contributed by atoms with Crippen LogP contribution in [0.25, 0.3) is 0 Å². The lowest BCUT2D eigenvalue weighted by molar-refractivity contribution is 0.405. The van der Waals surface area contributed by atoms with E-state index in [1.54, 1.807) is 7.11 Å². The molecule has 0 fully saturated rings. The van der Waals surface area contributed by atoms with Crippen LogP contribution in [-0.4, -0.2) is 13.7 Å². The van der Waals surface area contributed by atoms with Crippen molar-refractivity contribution in [2.24, 2.45) is 5.73 Å². The Bertz CT molecular complexity index is 297. The molecule has 1 aromatic carbocycles. The Balaban J connectivity index is 2.56. The van der Waals surface area contributed by atoms with Gasteiger partial charge in [-0.1, -0.05) is 24.6 Å². The second kappa shape index (κ2) is 6.46. The molecule has 0 aliphatic heterocycles. The van der Waals surface area contributed by atoms with E-state index in [2.05, 4.69) is 25.1 Å². The number of para-hydroxylation sites is 1. The molecular weight excluding hydrogens is 186 g/mol. The van der Waals surface area contributed by atoms with Gasteiger partial charge < -0.3 is 10.5 Å². The van der Waals surface area contributed by atoms with Crippen LogP contribution in [0.2, 0.25) is 0 Å². The third-order valence-electron chi connectivity index (χ3n) is 2.65. The molecule has 0 atom stereocenters. The maximum absolute atomic E-state index is 5.46. The molecule has 84 valence electrons. The maximum atomic E-state index is 5.46. The summed E-state index contributed by atoms with van der Waals surface area (Å²) in [5, 5.41) is 0. The van der Waals surface area contributed by atoms with Crippen molar-refractivity contribution in [2.75, 3.05) is 13.7 Å². The summed E-state index contributed by atoms with van der Waals surface area (Å²) in [5.74, 6) is 1.05. The van der Waals surface area contributed by atoms with Crippen LogP contribution < -0.4 is 10.5 Å².